The van der Waals surface area contributed by atoms with Crippen molar-refractivity contribution >= 4 is 16.7 Å². The molecular weight excluding hydrogens is 290 g/mol. The van der Waals surface area contributed by atoms with Crippen LogP contribution in [0.15, 0.2) is 59.5 Å². The molecule has 0 radical (unpaired) electrons. The first kappa shape index (κ1) is 15.0. The molecule has 0 unspecified atom stereocenters. The van der Waals surface area contributed by atoms with E-state index in [1.807, 2.05) is 24.3 Å². The molecule has 0 saturated carbocycles. The van der Waals surface area contributed by atoms with Crippen LogP contribution in [0.5, 0.6) is 0 Å². The van der Waals surface area contributed by atoms with Crippen LogP contribution < -0.4 is 5.56 Å². The predicted molar refractivity (Wildman–Crippen MR) is 90.1 cm³/mol. The Labute approximate surface area is 133 Å². The maximum atomic E-state index is 12.6. The van der Waals surface area contributed by atoms with Crippen LogP contribution in [0.25, 0.3) is 10.8 Å². The highest BCUT2D eigenvalue weighted by Crippen LogP contribution is 2.14. The average molecular weight is 307 g/mol. The van der Waals surface area contributed by atoms with Crippen LogP contribution in [0.2, 0.25) is 0 Å². The summed E-state index contributed by atoms with van der Waals surface area (Å²) >= 11 is 0. The van der Waals surface area contributed by atoms with Crippen LogP contribution in [0, 0.1) is 0 Å². The summed E-state index contributed by atoms with van der Waals surface area (Å²) in [6, 6.07) is 14.4. The van der Waals surface area contributed by atoms with Crippen molar-refractivity contribution in [3.8, 4) is 0 Å². The Morgan fingerprint density at radius 2 is 1.74 bits per heavy atom. The van der Waals surface area contributed by atoms with E-state index in [-0.39, 0.29) is 11.1 Å². The first-order valence-corrected chi connectivity index (χ1v) is 7.53. The van der Waals surface area contributed by atoms with Crippen molar-refractivity contribution in [3.63, 3.8) is 0 Å². The Morgan fingerprint density at radius 1 is 1.04 bits per heavy atom. The molecule has 4 nitrogen and oxygen atoms in total. The standard InChI is InChI=1S/C19H17NO3/c1-2-13-5-8-17-16(11-13)9-10-20(18(17)21)12-14-3-6-15(7-4-14)19(22)23/h3-11H,2,12H2,1H3,(H,22,23). The van der Waals surface area contributed by atoms with Gasteiger partial charge in [-0.1, -0.05) is 31.2 Å². The SMILES string of the molecule is CCc1ccc2c(=O)n(Cc3ccc(C(=O)O)cc3)ccc2c1. The zero-order chi connectivity index (χ0) is 16.4. The van der Waals surface area contributed by atoms with Crippen LogP contribution in [-0.4, -0.2) is 15.6 Å². The van der Waals surface area contributed by atoms with Gasteiger partial charge in [0, 0.05) is 11.6 Å². The van der Waals surface area contributed by atoms with Crippen molar-refractivity contribution in [1.29, 1.82) is 0 Å². The van der Waals surface area contributed by atoms with Crippen LogP contribution >= 0.6 is 0 Å². The number of carboxylic acids is 1. The van der Waals surface area contributed by atoms with E-state index in [0.29, 0.717) is 11.9 Å². The largest absolute Gasteiger partial charge is 0.478 e. The summed E-state index contributed by atoms with van der Waals surface area (Å²) in [4.78, 5) is 23.4. The lowest BCUT2D eigenvalue weighted by Gasteiger charge is -2.08. The van der Waals surface area contributed by atoms with Crippen LogP contribution in [0.1, 0.15) is 28.4 Å². The second-order valence-corrected chi connectivity index (χ2v) is 5.53. The van der Waals surface area contributed by atoms with E-state index in [9.17, 15) is 9.59 Å². The summed E-state index contributed by atoms with van der Waals surface area (Å²) in [5.74, 6) is -0.953. The van der Waals surface area contributed by atoms with Crippen molar-refractivity contribution in [2.75, 3.05) is 0 Å². The summed E-state index contributed by atoms with van der Waals surface area (Å²) in [7, 11) is 0. The molecule has 0 saturated heterocycles. The Balaban J connectivity index is 1.95. The molecule has 1 aromatic heterocycles. The summed E-state index contributed by atoms with van der Waals surface area (Å²) in [6.07, 6.45) is 2.73. The number of rotatable bonds is 4. The number of aryl methyl sites for hydroxylation is 1. The maximum absolute atomic E-state index is 12.6. The first-order chi connectivity index (χ1) is 11.1. The molecule has 3 rings (SSSR count). The third-order valence-corrected chi connectivity index (χ3v) is 4.00. The molecule has 0 fully saturated rings. The van der Waals surface area contributed by atoms with Gasteiger partial charge in [-0.25, -0.2) is 4.79 Å². The van der Waals surface area contributed by atoms with E-state index in [2.05, 4.69) is 6.92 Å². The smallest absolute Gasteiger partial charge is 0.335 e. The Bertz CT molecular complexity index is 923. The second-order valence-electron chi connectivity index (χ2n) is 5.53. The second kappa shape index (κ2) is 6.08. The molecule has 0 bridgehead atoms. The lowest BCUT2D eigenvalue weighted by atomic mass is 10.1. The molecule has 0 aliphatic heterocycles. The Hall–Kier alpha value is -2.88. The van der Waals surface area contributed by atoms with Gasteiger partial charge in [0.2, 0.25) is 0 Å². The van der Waals surface area contributed by atoms with Crippen molar-refractivity contribution < 1.29 is 9.90 Å². The van der Waals surface area contributed by atoms with Gasteiger partial charge >= 0.3 is 5.97 Å². The summed E-state index contributed by atoms with van der Waals surface area (Å²) in [5.41, 5.74) is 2.31. The molecule has 3 aromatic rings. The lowest BCUT2D eigenvalue weighted by Crippen LogP contribution is -2.20. The summed E-state index contributed by atoms with van der Waals surface area (Å²) in [5, 5.41) is 10.6. The molecule has 0 aliphatic rings. The van der Waals surface area contributed by atoms with E-state index < -0.39 is 5.97 Å². The molecule has 0 atom stereocenters. The normalized spacial score (nSPS) is 10.8. The number of aromatic carboxylic acids is 1. The van der Waals surface area contributed by atoms with Gasteiger partial charge in [0.15, 0.2) is 0 Å². The highest BCUT2D eigenvalue weighted by molar-refractivity contribution is 5.87. The van der Waals surface area contributed by atoms with Crippen molar-refractivity contribution in [3.05, 3.63) is 81.8 Å². The number of fused-ring (bicyclic) bond motifs is 1. The van der Waals surface area contributed by atoms with Gasteiger partial charge in [-0.2, -0.15) is 0 Å². The number of carbonyl (C=O) groups is 1. The number of nitrogens with zero attached hydrogens (tertiary/aromatic N) is 1. The van der Waals surface area contributed by atoms with Crippen LogP contribution in [0.3, 0.4) is 0 Å². The molecule has 0 spiro atoms. The first-order valence-electron chi connectivity index (χ1n) is 7.53. The van der Waals surface area contributed by atoms with E-state index in [1.54, 1.807) is 35.0 Å². The molecule has 0 amide bonds. The number of hydrogen-bond acceptors (Lipinski definition) is 2. The van der Waals surface area contributed by atoms with E-state index in [0.717, 1.165) is 17.4 Å². The van der Waals surface area contributed by atoms with E-state index in [4.69, 9.17) is 5.11 Å². The van der Waals surface area contributed by atoms with E-state index in [1.165, 1.54) is 5.56 Å². The topological polar surface area (TPSA) is 59.3 Å². The Morgan fingerprint density at radius 3 is 2.39 bits per heavy atom. The van der Waals surface area contributed by atoms with Gasteiger partial charge < -0.3 is 9.67 Å². The van der Waals surface area contributed by atoms with Gasteiger partial charge in [-0.3, -0.25) is 4.79 Å². The van der Waals surface area contributed by atoms with Crippen LogP contribution in [-0.2, 0) is 13.0 Å². The van der Waals surface area contributed by atoms with Gasteiger partial charge in [0.25, 0.3) is 5.56 Å². The zero-order valence-corrected chi connectivity index (χ0v) is 12.8. The van der Waals surface area contributed by atoms with Gasteiger partial charge in [-0.15, -0.1) is 0 Å². The third kappa shape index (κ3) is 3.01. The third-order valence-electron chi connectivity index (χ3n) is 4.00. The lowest BCUT2D eigenvalue weighted by molar-refractivity contribution is 0.0697. The minimum absolute atomic E-state index is 0.0348. The number of hydrogen-bond donors (Lipinski definition) is 1. The molecule has 23 heavy (non-hydrogen) atoms. The quantitative estimate of drug-likeness (QED) is 0.804. The molecule has 2 aromatic carbocycles. The fourth-order valence-electron chi connectivity index (χ4n) is 2.63. The zero-order valence-electron chi connectivity index (χ0n) is 12.8. The minimum atomic E-state index is -0.953. The molecular formula is C19H17NO3. The van der Waals surface area contributed by atoms with Gasteiger partial charge in [0.05, 0.1) is 12.1 Å². The van der Waals surface area contributed by atoms with Crippen molar-refractivity contribution in [2.24, 2.45) is 0 Å². The highest BCUT2D eigenvalue weighted by Gasteiger charge is 2.06. The fourth-order valence-corrected chi connectivity index (χ4v) is 2.63. The number of pyridine rings is 1. The highest BCUT2D eigenvalue weighted by atomic mass is 16.4. The minimum Gasteiger partial charge on any atom is -0.478 e. The predicted octanol–water partition coefficient (Wildman–Crippen LogP) is 3.31. The maximum Gasteiger partial charge on any atom is 0.335 e. The monoisotopic (exact) mass is 307 g/mol. The average Bonchev–Trinajstić information content (AvgIpc) is 2.57. The summed E-state index contributed by atoms with van der Waals surface area (Å²) in [6.45, 7) is 2.51. The van der Waals surface area contributed by atoms with Crippen molar-refractivity contribution in [2.45, 2.75) is 19.9 Å². The molecule has 1 N–H and O–H groups in total. The molecule has 4 heteroatoms. The Kier molecular flexibility index (Phi) is 3.98. The van der Waals surface area contributed by atoms with Gasteiger partial charge in [-0.05, 0) is 47.2 Å². The number of benzene rings is 2. The molecule has 1 heterocycles. The van der Waals surface area contributed by atoms with Crippen molar-refractivity contribution in [1.82, 2.24) is 4.57 Å². The number of carboxylic acid groups (broad SMARTS) is 1. The fraction of sp³-hybridized carbons (Fsp3) is 0.158. The summed E-state index contributed by atoms with van der Waals surface area (Å²) < 4.78 is 1.64. The van der Waals surface area contributed by atoms with E-state index >= 15 is 0 Å². The molecule has 116 valence electrons. The van der Waals surface area contributed by atoms with Gasteiger partial charge in [0.1, 0.15) is 0 Å². The molecule has 0 aliphatic carbocycles. The van der Waals surface area contributed by atoms with Crippen LogP contribution in [0.4, 0.5) is 0 Å². The number of aromatic nitrogens is 1.